The van der Waals surface area contributed by atoms with E-state index in [1.165, 1.54) is 5.56 Å². The topological polar surface area (TPSA) is 33.1 Å². The van der Waals surface area contributed by atoms with E-state index in [1.54, 1.807) is 0 Å². The van der Waals surface area contributed by atoms with Crippen molar-refractivity contribution >= 4 is 0 Å². The Balaban J connectivity index is 2.24. The molecule has 1 N–H and O–H groups in total. The molecule has 1 aromatic rings. The molecular weight excluding hydrogens is 152 g/mol. The maximum atomic E-state index is 4.09. The molecule has 0 aliphatic heterocycles. The van der Waals surface area contributed by atoms with Crippen LogP contribution in [0.25, 0.3) is 0 Å². The molecule has 0 spiro atoms. The maximum Gasteiger partial charge on any atom is 0.0522 e. The summed E-state index contributed by atoms with van der Waals surface area (Å²) in [6.07, 6.45) is 4.96. The normalized spacial score (nSPS) is 11.0. The molecule has 0 unspecified atom stereocenters. The molecule has 4 nitrogen and oxygen atoms in total. The zero-order valence-corrected chi connectivity index (χ0v) is 7.91. The van der Waals surface area contributed by atoms with E-state index in [0.717, 1.165) is 13.0 Å². The Hall–Kier alpha value is -0.870. The fourth-order valence-electron chi connectivity index (χ4n) is 1.02. The van der Waals surface area contributed by atoms with Gasteiger partial charge in [0.1, 0.15) is 0 Å². The quantitative estimate of drug-likeness (QED) is 0.644. The molecule has 1 rings (SSSR count). The van der Waals surface area contributed by atoms with Crippen LogP contribution in [-0.4, -0.2) is 35.4 Å². The summed E-state index contributed by atoms with van der Waals surface area (Å²) in [6.45, 7) is 0.957. The monoisotopic (exact) mass is 168 g/mol. The molecule has 68 valence electrons. The van der Waals surface area contributed by atoms with Crippen molar-refractivity contribution in [1.29, 1.82) is 0 Å². The number of hydrogen-bond donors (Lipinski definition) is 1. The molecule has 1 heterocycles. The van der Waals surface area contributed by atoms with Crippen molar-refractivity contribution in [2.75, 3.05) is 20.6 Å². The van der Waals surface area contributed by atoms with Gasteiger partial charge in [-0.2, -0.15) is 5.10 Å². The lowest BCUT2D eigenvalue weighted by atomic mass is 10.3. The molecule has 0 radical (unpaired) electrons. The average molecular weight is 168 g/mol. The van der Waals surface area contributed by atoms with Gasteiger partial charge in [0.05, 0.1) is 6.20 Å². The minimum atomic E-state index is 0.957. The smallest absolute Gasteiger partial charge is 0.0522 e. The maximum absolute atomic E-state index is 4.09. The van der Waals surface area contributed by atoms with Gasteiger partial charge in [-0.05, 0) is 12.0 Å². The Kier molecular flexibility index (Phi) is 3.25. The molecule has 0 aliphatic rings. The summed E-state index contributed by atoms with van der Waals surface area (Å²) in [5.74, 6) is 0. The van der Waals surface area contributed by atoms with Gasteiger partial charge >= 0.3 is 0 Å². The van der Waals surface area contributed by atoms with Gasteiger partial charge in [-0.3, -0.25) is 15.1 Å². The first-order chi connectivity index (χ1) is 5.68. The molecule has 1 aromatic heterocycles. The van der Waals surface area contributed by atoms with Crippen LogP contribution in [0.15, 0.2) is 12.4 Å². The third-order valence-electron chi connectivity index (χ3n) is 1.60. The molecule has 12 heavy (non-hydrogen) atoms. The van der Waals surface area contributed by atoms with Crippen LogP contribution in [-0.2, 0) is 13.5 Å². The third kappa shape index (κ3) is 3.02. The Morgan fingerprint density at radius 1 is 1.58 bits per heavy atom. The van der Waals surface area contributed by atoms with Gasteiger partial charge in [-0.1, -0.05) is 0 Å². The van der Waals surface area contributed by atoms with Gasteiger partial charge in [0, 0.05) is 33.9 Å². The van der Waals surface area contributed by atoms with Crippen molar-refractivity contribution in [2.24, 2.45) is 7.05 Å². The van der Waals surface area contributed by atoms with Crippen LogP contribution in [0.5, 0.6) is 0 Å². The van der Waals surface area contributed by atoms with Crippen LogP contribution in [0.3, 0.4) is 0 Å². The summed E-state index contributed by atoms with van der Waals surface area (Å²) in [5.41, 5.74) is 4.47. The number of hydrogen-bond acceptors (Lipinski definition) is 3. The summed E-state index contributed by atoms with van der Waals surface area (Å²) in [5, 5.41) is 6.04. The third-order valence-corrected chi connectivity index (χ3v) is 1.60. The molecular formula is C8H16N4. The Morgan fingerprint density at radius 2 is 2.33 bits per heavy atom. The largest absolute Gasteiger partial charge is 0.276 e. The van der Waals surface area contributed by atoms with Gasteiger partial charge in [0.2, 0.25) is 0 Å². The van der Waals surface area contributed by atoms with Crippen LogP contribution in [0.1, 0.15) is 5.56 Å². The first-order valence-corrected chi connectivity index (χ1v) is 4.07. The van der Waals surface area contributed by atoms with Gasteiger partial charge in [0.25, 0.3) is 0 Å². The lowest BCUT2D eigenvalue weighted by Crippen LogP contribution is -2.31. The lowest BCUT2D eigenvalue weighted by molar-refractivity contribution is 0.292. The van der Waals surface area contributed by atoms with Crippen LogP contribution < -0.4 is 5.43 Å². The van der Waals surface area contributed by atoms with E-state index in [-0.39, 0.29) is 0 Å². The number of aromatic nitrogens is 2. The number of rotatable bonds is 4. The second-order valence-corrected chi connectivity index (χ2v) is 3.07. The van der Waals surface area contributed by atoms with Crippen molar-refractivity contribution in [2.45, 2.75) is 6.42 Å². The summed E-state index contributed by atoms with van der Waals surface area (Å²) in [7, 11) is 5.91. The summed E-state index contributed by atoms with van der Waals surface area (Å²) < 4.78 is 1.82. The molecule has 0 aromatic carbocycles. The van der Waals surface area contributed by atoms with Crippen molar-refractivity contribution in [1.82, 2.24) is 20.2 Å². The van der Waals surface area contributed by atoms with Gasteiger partial charge in [0.15, 0.2) is 0 Å². The fraction of sp³-hybridized carbons (Fsp3) is 0.625. The van der Waals surface area contributed by atoms with Gasteiger partial charge in [-0.15, -0.1) is 0 Å². The van der Waals surface area contributed by atoms with Crippen molar-refractivity contribution in [3.8, 4) is 0 Å². The van der Waals surface area contributed by atoms with E-state index < -0.39 is 0 Å². The summed E-state index contributed by atoms with van der Waals surface area (Å²) in [4.78, 5) is 0. The molecule has 0 saturated carbocycles. The van der Waals surface area contributed by atoms with E-state index in [9.17, 15) is 0 Å². The van der Waals surface area contributed by atoms with Gasteiger partial charge < -0.3 is 0 Å². The number of nitrogens with one attached hydrogen (secondary N) is 1. The van der Waals surface area contributed by atoms with E-state index in [4.69, 9.17) is 0 Å². The molecule has 0 bridgehead atoms. The number of nitrogens with zero attached hydrogens (tertiary/aromatic N) is 3. The van der Waals surface area contributed by atoms with Crippen LogP contribution in [0.4, 0.5) is 0 Å². The number of hydrazine groups is 1. The minimum absolute atomic E-state index is 0.957. The van der Waals surface area contributed by atoms with E-state index in [1.807, 2.05) is 43.2 Å². The minimum Gasteiger partial charge on any atom is -0.276 e. The van der Waals surface area contributed by atoms with Crippen molar-refractivity contribution < 1.29 is 0 Å². The molecule has 0 aliphatic carbocycles. The Labute approximate surface area is 73.1 Å². The van der Waals surface area contributed by atoms with Crippen molar-refractivity contribution in [3.63, 3.8) is 0 Å². The standard InChI is InChI=1S/C8H16N4/c1-11(2)9-5-4-8-6-10-12(3)7-8/h6-7,9H,4-5H2,1-3H3. The fourth-order valence-corrected chi connectivity index (χ4v) is 1.02. The molecule has 0 saturated heterocycles. The zero-order chi connectivity index (χ0) is 8.97. The molecule has 0 amide bonds. The Morgan fingerprint density at radius 3 is 2.83 bits per heavy atom. The van der Waals surface area contributed by atoms with E-state index >= 15 is 0 Å². The van der Waals surface area contributed by atoms with E-state index in [0.29, 0.717) is 0 Å². The highest BCUT2D eigenvalue weighted by Crippen LogP contribution is 1.95. The Bertz CT molecular complexity index is 229. The lowest BCUT2D eigenvalue weighted by Gasteiger charge is -2.10. The molecule has 0 atom stereocenters. The molecule has 4 heteroatoms. The SMILES string of the molecule is CN(C)NCCc1cnn(C)c1. The van der Waals surface area contributed by atoms with Crippen LogP contribution in [0, 0.1) is 0 Å². The highest BCUT2D eigenvalue weighted by molar-refractivity contribution is 5.03. The second-order valence-electron chi connectivity index (χ2n) is 3.07. The highest BCUT2D eigenvalue weighted by atomic mass is 15.5. The number of aryl methyl sites for hydroxylation is 1. The first-order valence-electron chi connectivity index (χ1n) is 4.07. The van der Waals surface area contributed by atoms with Crippen LogP contribution in [0.2, 0.25) is 0 Å². The van der Waals surface area contributed by atoms with Crippen molar-refractivity contribution in [3.05, 3.63) is 18.0 Å². The molecule has 0 fully saturated rings. The van der Waals surface area contributed by atoms with Gasteiger partial charge in [-0.25, -0.2) is 0 Å². The summed E-state index contributed by atoms with van der Waals surface area (Å²) >= 11 is 0. The predicted molar refractivity (Wildman–Crippen MR) is 48.6 cm³/mol. The van der Waals surface area contributed by atoms with Crippen LogP contribution >= 0.6 is 0 Å². The average Bonchev–Trinajstić information content (AvgIpc) is 2.35. The summed E-state index contributed by atoms with van der Waals surface area (Å²) in [6, 6.07) is 0. The first kappa shape index (κ1) is 9.22. The zero-order valence-electron chi connectivity index (χ0n) is 7.91. The van der Waals surface area contributed by atoms with E-state index in [2.05, 4.69) is 10.5 Å². The predicted octanol–water partition coefficient (Wildman–Crippen LogP) is 0.0288. The second kappa shape index (κ2) is 4.23. The highest BCUT2D eigenvalue weighted by Gasteiger charge is 1.95.